The van der Waals surface area contributed by atoms with Crippen LogP contribution < -0.4 is 10.6 Å². The minimum Gasteiger partial charge on any atom is -0.328 e. The smallest absolute Gasteiger partial charge is 0.249 e. The van der Waals surface area contributed by atoms with E-state index in [0.29, 0.717) is 29.1 Å². The van der Waals surface area contributed by atoms with Crippen LogP contribution in [0.2, 0.25) is 0 Å². The molecule has 7 heteroatoms. The summed E-state index contributed by atoms with van der Waals surface area (Å²) in [5, 5.41) is 5.28. The number of nitrogens with zero attached hydrogens (tertiary/aromatic N) is 1. The number of Topliss-reactive ketones (excluding diaryl/α,β-unsaturated/α-hetero) is 1. The van der Waals surface area contributed by atoms with Crippen LogP contribution in [0.3, 0.4) is 0 Å². The highest BCUT2D eigenvalue weighted by atomic mass is 19.1. The normalized spacial score (nSPS) is 15.2. The van der Waals surface area contributed by atoms with Crippen LogP contribution in [0.5, 0.6) is 0 Å². The quantitative estimate of drug-likeness (QED) is 0.474. The first-order valence-corrected chi connectivity index (χ1v) is 9.64. The van der Waals surface area contributed by atoms with Gasteiger partial charge in [0.1, 0.15) is 11.9 Å². The number of nitrogens with one attached hydrogen (secondary N) is 2. The molecule has 0 saturated carbocycles. The number of rotatable bonds is 6. The van der Waals surface area contributed by atoms with Crippen LogP contribution in [0.25, 0.3) is 0 Å². The topological polar surface area (TPSA) is 87.6 Å². The van der Waals surface area contributed by atoms with Gasteiger partial charge in [-0.15, -0.1) is 0 Å². The Hall–Kier alpha value is -4.13. The minimum absolute atomic E-state index is 0.241. The molecule has 2 N–H and O–H groups in total. The third-order valence-electron chi connectivity index (χ3n) is 4.98. The fourth-order valence-corrected chi connectivity index (χ4v) is 3.51. The molecule has 0 fully saturated rings. The molecule has 154 valence electrons. The summed E-state index contributed by atoms with van der Waals surface area (Å²) in [6, 6.07) is 18.6. The van der Waals surface area contributed by atoms with Crippen LogP contribution in [-0.4, -0.2) is 29.9 Å². The molecule has 0 saturated heterocycles. The van der Waals surface area contributed by atoms with Crippen molar-refractivity contribution in [2.75, 3.05) is 10.6 Å². The van der Waals surface area contributed by atoms with Crippen LogP contribution in [-0.2, 0) is 9.59 Å². The maximum absolute atomic E-state index is 14.6. The zero-order valence-electron chi connectivity index (χ0n) is 16.3. The van der Waals surface area contributed by atoms with Gasteiger partial charge in [0.25, 0.3) is 0 Å². The van der Waals surface area contributed by atoms with Crippen molar-refractivity contribution in [3.05, 3.63) is 95.3 Å². The molecule has 4 rings (SSSR count). The second-order valence-corrected chi connectivity index (χ2v) is 6.94. The Morgan fingerprint density at radius 2 is 1.68 bits per heavy atom. The monoisotopic (exact) mass is 415 g/mol. The molecule has 3 aromatic rings. The minimum atomic E-state index is -1.07. The second kappa shape index (κ2) is 8.71. The fraction of sp³-hybridized carbons (Fsp3) is 0.0833. The third kappa shape index (κ3) is 4.11. The number of carbonyl (C=O) groups excluding carboxylic acids is 3. The molecule has 31 heavy (non-hydrogen) atoms. The molecule has 2 amide bonds. The van der Waals surface area contributed by atoms with Crippen LogP contribution in [0, 0.1) is 5.82 Å². The third-order valence-corrected chi connectivity index (χ3v) is 4.98. The lowest BCUT2D eigenvalue weighted by Gasteiger charge is -2.12. The van der Waals surface area contributed by atoms with Gasteiger partial charge in [-0.2, -0.15) is 0 Å². The van der Waals surface area contributed by atoms with E-state index in [0.717, 1.165) is 0 Å². The number of para-hydroxylation sites is 2. The van der Waals surface area contributed by atoms with Gasteiger partial charge >= 0.3 is 0 Å². The average molecular weight is 415 g/mol. The Balaban J connectivity index is 1.76. The summed E-state index contributed by atoms with van der Waals surface area (Å²) in [6.07, 6.45) is 0.241. The molecule has 3 aromatic carbocycles. The molecule has 0 aromatic heterocycles. The van der Waals surface area contributed by atoms with Crippen LogP contribution in [0.15, 0.2) is 77.8 Å². The Labute approximate surface area is 177 Å². The van der Waals surface area contributed by atoms with E-state index in [1.807, 2.05) is 0 Å². The first kappa shape index (κ1) is 20.2. The molecule has 0 bridgehead atoms. The first-order chi connectivity index (χ1) is 15.1. The van der Waals surface area contributed by atoms with E-state index in [1.165, 1.54) is 6.07 Å². The summed E-state index contributed by atoms with van der Waals surface area (Å²) in [4.78, 5) is 41.2. The van der Waals surface area contributed by atoms with Crippen molar-refractivity contribution >= 4 is 35.2 Å². The Kier molecular flexibility index (Phi) is 5.66. The summed E-state index contributed by atoms with van der Waals surface area (Å²) >= 11 is 0. The van der Waals surface area contributed by atoms with Gasteiger partial charge in [-0.05, 0) is 30.3 Å². The number of amides is 2. The van der Waals surface area contributed by atoms with E-state index in [-0.39, 0.29) is 23.3 Å². The van der Waals surface area contributed by atoms with Crippen molar-refractivity contribution < 1.29 is 18.8 Å². The van der Waals surface area contributed by atoms with E-state index >= 15 is 0 Å². The lowest BCUT2D eigenvalue weighted by molar-refractivity contribution is -0.117. The Morgan fingerprint density at radius 1 is 1.00 bits per heavy atom. The van der Waals surface area contributed by atoms with Gasteiger partial charge in [-0.25, -0.2) is 4.39 Å². The van der Waals surface area contributed by atoms with Crippen LogP contribution >= 0.6 is 0 Å². The summed E-state index contributed by atoms with van der Waals surface area (Å²) in [7, 11) is 0. The van der Waals surface area contributed by atoms with E-state index < -0.39 is 17.8 Å². The van der Waals surface area contributed by atoms with Gasteiger partial charge in [0.15, 0.2) is 5.78 Å². The Morgan fingerprint density at radius 3 is 2.45 bits per heavy atom. The first-order valence-electron chi connectivity index (χ1n) is 9.64. The molecule has 1 aliphatic rings. The van der Waals surface area contributed by atoms with Crippen molar-refractivity contribution in [3.8, 4) is 0 Å². The molecule has 1 unspecified atom stereocenters. The molecule has 0 spiro atoms. The number of halogens is 1. The number of benzodiazepines with no additional fused rings is 1. The van der Waals surface area contributed by atoms with E-state index in [9.17, 15) is 18.8 Å². The highest BCUT2D eigenvalue weighted by Crippen LogP contribution is 2.27. The van der Waals surface area contributed by atoms with Crippen molar-refractivity contribution in [2.24, 2.45) is 4.99 Å². The highest BCUT2D eigenvalue weighted by molar-refractivity contribution is 6.20. The van der Waals surface area contributed by atoms with E-state index in [1.54, 1.807) is 66.7 Å². The molecule has 0 radical (unpaired) electrons. The number of hydrogen-bond acceptors (Lipinski definition) is 4. The largest absolute Gasteiger partial charge is 0.328 e. The second-order valence-electron chi connectivity index (χ2n) is 6.94. The van der Waals surface area contributed by atoms with E-state index in [4.69, 9.17) is 0 Å². The SMILES string of the molecule is O=CNc1ccccc1C(=O)CC1N=C(c2ccccc2F)c2ccccc2NC1=O. The van der Waals surface area contributed by atoms with Gasteiger partial charge in [-0.3, -0.25) is 19.4 Å². The van der Waals surface area contributed by atoms with Crippen molar-refractivity contribution in [1.29, 1.82) is 0 Å². The van der Waals surface area contributed by atoms with Crippen LogP contribution in [0.1, 0.15) is 27.9 Å². The maximum atomic E-state index is 14.6. The number of carbonyl (C=O) groups is 3. The van der Waals surface area contributed by atoms with Gasteiger partial charge in [-0.1, -0.05) is 42.5 Å². The number of ketones is 1. The molecule has 6 nitrogen and oxygen atoms in total. The summed E-state index contributed by atoms with van der Waals surface area (Å²) in [5.74, 6) is -1.31. The number of fused-ring (bicyclic) bond motifs is 1. The molecular weight excluding hydrogens is 397 g/mol. The molecule has 1 heterocycles. The number of benzene rings is 3. The van der Waals surface area contributed by atoms with Gasteiger partial charge < -0.3 is 10.6 Å². The summed E-state index contributed by atoms with van der Waals surface area (Å²) in [6.45, 7) is 0. The lowest BCUT2D eigenvalue weighted by Crippen LogP contribution is -2.28. The Bertz CT molecular complexity index is 1210. The molecule has 1 atom stereocenters. The standard InChI is InChI=1S/C24H18FN3O3/c25-18-10-4-1-7-15(18)23-17-9-3-6-12-20(17)28-24(31)21(27-23)13-22(30)16-8-2-5-11-19(16)26-14-29/h1-12,14,21H,13H2,(H,26,29)(H,28,31). The molecular formula is C24H18FN3O3. The van der Waals surface area contributed by atoms with E-state index in [2.05, 4.69) is 15.6 Å². The van der Waals surface area contributed by atoms with Crippen LogP contribution in [0.4, 0.5) is 15.8 Å². The summed E-state index contributed by atoms with van der Waals surface area (Å²) < 4.78 is 14.6. The average Bonchev–Trinajstić information content (AvgIpc) is 2.91. The number of hydrogen-bond donors (Lipinski definition) is 2. The predicted molar refractivity (Wildman–Crippen MR) is 116 cm³/mol. The maximum Gasteiger partial charge on any atom is 0.249 e. The van der Waals surface area contributed by atoms with Gasteiger partial charge in [0.2, 0.25) is 12.3 Å². The van der Waals surface area contributed by atoms with Crippen molar-refractivity contribution in [1.82, 2.24) is 0 Å². The molecule has 1 aliphatic heterocycles. The number of aliphatic imine (C=N–C) groups is 1. The zero-order valence-corrected chi connectivity index (χ0v) is 16.3. The highest BCUT2D eigenvalue weighted by Gasteiger charge is 2.29. The van der Waals surface area contributed by atoms with Gasteiger partial charge in [0.05, 0.1) is 17.1 Å². The predicted octanol–water partition coefficient (Wildman–Crippen LogP) is 3.83. The number of anilines is 2. The summed E-state index contributed by atoms with van der Waals surface area (Å²) in [5.41, 5.74) is 2.22. The lowest BCUT2D eigenvalue weighted by atomic mass is 9.99. The zero-order chi connectivity index (χ0) is 21.8. The van der Waals surface area contributed by atoms with Crippen molar-refractivity contribution in [2.45, 2.75) is 12.5 Å². The van der Waals surface area contributed by atoms with Gasteiger partial charge in [0, 0.05) is 23.1 Å². The molecule has 0 aliphatic carbocycles. The fourth-order valence-electron chi connectivity index (χ4n) is 3.51. The van der Waals surface area contributed by atoms with Crippen molar-refractivity contribution in [3.63, 3.8) is 0 Å².